The molecule has 1 aromatic rings. The van der Waals surface area contributed by atoms with E-state index in [4.69, 9.17) is 5.73 Å². The predicted octanol–water partition coefficient (Wildman–Crippen LogP) is 1.33. The van der Waals surface area contributed by atoms with Gasteiger partial charge >= 0.3 is 0 Å². The average molecular weight is 165 g/mol. The van der Waals surface area contributed by atoms with Gasteiger partial charge in [0.15, 0.2) is 0 Å². The molecule has 1 heterocycles. The summed E-state index contributed by atoms with van der Waals surface area (Å²) in [6.07, 6.45) is 10.6. The molecular formula is C9H15N3. The normalized spacial score (nSPS) is 30.4. The third kappa shape index (κ3) is 1.50. The minimum absolute atomic E-state index is 0.395. The molecule has 2 rings (SSSR count). The second-order valence-electron chi connectivity index (χ2n) is 3.59. The van der Waals surface area contributed by atoms with Gasteiger partial charge in [-0.2, -0.15) is 0 Å². The van der Waals surface area contributed by atoms with Crippen molar-refractivity contribution in [1.29, 1.82) is 0 Å². The monoisotopic (exact) mass is 165 g/mol. The van der Waals surface area contributed by atoms with Crippen molar-refractivity contribution in [3.63, 3.8) is 0 Å². The van der Waals surface area contributed by atoms with Crippen LogP contribution < -0.4 is 5.73 Å². The molecule has 1 saturated carbocycles. The van der Waals surface area contributed by atoms with Crippen molar-refractivity contribution in [1.82, 2.24) is 9.55 Å². The van der Waals surface area contributed by atoms with Gasteiger partial charge in [-0.1, -0.05) is 0 Å². The average Bonchev–Trinajstić information content (AvgIpc) is 2.56. The van der Waals surface area contributed by atoms with Crippen LogP contribution in [0.15, 0.2) is 18.7 Å². The number of hydrogen-bond acceptors (Lipinski definition) is 2. The van der Waals surface area contributed by atoms with E-state index in [1.807, 2.05) is 18.7 Å². The van der Waals surface area contributed by atoms with Gasteiger partial charge in [-0.3, -0.25) is 0 Å². The first-order valence-electron chi connectivity index (χ1n) is 4.59. The first kappa shape index (κ1) is 7.80. The molecule has 0 aliphatic heterocycles. The number of nitrogens with two attached hydrogens (primary N) is 1. The van der Waals surface area contributed by atoms with E-state index in [-0.39, 0.29) is 0 Å². The summed E-state index contributed by atoms with van der Waals surface area (Å²) in [6.45, 7) is 0. The van der Waals surface area contributed by atoms with Crippen molar-refractivity contribution in [2.75, 3.05) is 0 Å². The van der Waals surface area contributed by atoms with Crippen LogP contribution in [0.25, 0.3) is 0 Å². The topological polar surface area (TPSA) is 43.8 Å². The lowest BCUT2D eigenvalue weighted by atomic mass is 9.91. The number of rotatable bonds is 1. The number of nitrogens with zero attached hydrogens (tertiary/aromatic N) is 2. The molecule has 0 saturated heterocycles. The summed E-state index contributed by atoms with van der Waals surface area (Å²) in [5.74, 6) is 0. The minimum Gasteiger partial charge on any atom is -0.334 e. The smallest absolute Gasteiger partial charge is 0.0948 e. The van der Waals surface area contributed by atoms with Crippen molar-refractivity contribution >= 4 is 0 Å². The van der Waals surface area contributed by atoms with E-state index < -0.39 is 0 Å². The van der Waals surface area contributed by atoms with Crippen LogP contribution in [0.4, 0.5) is 0 Å². The van der Waals surface area contributed by atoms with Crippen LogP contribution in [0.2, 0.25) is 0 Å². The van der Waals surface area contributed by atoms with Crippen molar-refractivity contribution < 1.29 is 0 Å². The number of hydrogen-bond donors (Lipinski definition) is 1. The van der Waals surface area contributed by atoms with Crippen LogP contribution in [-0.2, 0) is 0 Å². The summed E-state index contributed by atoms with van der Waals surface area (Å²) < 4.78 is 2.18. The SMILES string of the molecule is N[C@H]1CCC[C@@H](n2ccnc2)C1. The largest absolute Gasteiger partial charge is 0.334 e. The Kier molecular flexibility index (Phi) is 2.13. The molecule has 0 aromatic carbocycles. The summed E-state index contributed by atoms with van der Waals surface area (Å²) in [5, 5.41) is 0. The first-order chi connectivity index (χ1) is 5.86. The van der Waals surface area contributed by atoms with E-state index in [2.05, 4.69) is 9.55 Å². The molecule has 0 unspecified atom stereocenters. The minimum atomic E-state index is 0.395. The second-order valence-corrected chi connectivity index (χ2v) is 3.59. The standard InChI is InChI=1S/C9H15N3/c10-8-2-1-3-9(6-8)12-5-4-11-7-12/h4-5,7-9H,1-3,6,10H2/t8-,9+/m0/s1. The maximum atomic E-state index is 5.90. The van der Waals surface area contributed by atoms with Crippen LogP contribution in [0.5, 0.6) is 0 Å². The lowest BCUT2D eigenvalue weighted by Gasteiger charge is -2.27. The summed E-state index contributed by atoms with van der Waals surface area (Å²) in [6, 6.07) is 0.988. The molecule has 0 spiro atoms. The van der Waals surface area contributed by atoms with Crippen LogP contribution in [0, 0.1) is 0 Å². The molecule has 1 aromatic heterocycles. The Morgan fingerprint density at radius 2 is 2.33 bits per heavy atom. The molecule has 1 fully saturated rings. The predicted molar refractivity (Wildman–Crippen MR) is 47.7 cm³/mol. The fraction of sp³-hybridized carbons (Fsp3) is 0.667. The van der Waals surface area contributed by atoms with Crippen molar-refractivity contribution in [2.24, 2.45) is 5.73 Å². The Morgan fingerprint density at radius 3 is 3.00 bits per heavy atom. The molecule has 1 aliphatic carbocycles. The summed E-state index contributed by atoms with van der Waals surface area (Å²) in [4.78, 5) is 4.04. The van der Waals surface area contributed by atoms with E-state index in [1.165, 1.54) is 19.3 Å². The Bertz CT molecular complexity index is 230. The maximum Gasteiger partial charge on any atom is 0.0948 e. The summed E-state index contributed by atoms with van der Waals surface area (Å²) >= 11 is 0. The fourth-order valence-electron chi connectivity index (χ4n) is 1.96. The molecule has 2 N–H and O–H groups in total. The molecule has 3 heteroatoms. The number of imidazole rings is 1. The zero-order chi connectivity index (χ0) is 8.39. The van der Waals surface area contributed by atoms with Gasteiger partial charge in [-0.25, -0.2) is 4.98 Å². The highest BCUT2D eigenvalue weighted by atomic mass is 15.1. The molecule has 0 amide bonds. The van der Waals surface area contributed by atoms with E-state index in [1.54, 1.807) is 0 Å². The quantitative estimate of drug-likeness (QED) is 0.682. The van der Waals surface area contributed by atoms with Gasteiger partial charge in [0.1, 0.15) is 0 Å². The second kappa shape index (κ2) is 3.27. The lowest BCUT2D eigenvalue weighted by Crippen LogP contribution is -2.28. The van der Waals surface area contributed by atoms with Crippen LogP contribution in [0.3, 0.4) is 0 Å². The highest BCUT2D eigenvalue weighted by Gasteiger charge is 2.19. The fourth-order valence-corrected chi connectivity index (χ4v) is 1.96. The van der Waals surface area contributed by atoms with E-state index in [9.17, 15) is 0 Å². The van der Waals surface area contributed by atoms with Gasteiger partial charge in [-0.05, 0) is 25.7 Å². The molecule has 0 radical (unpaired) electrons. The molecule has 66 valence electrons. The highest BCUT2D eigenvalue weighted by Crippen LogP contribution is 2.26. The highest BCUT2D eigenvalue weighted by molar-refractivity contribution is 4.85. The molecule has 1 aliphatic rings. The van der Waals surface area contributed by atoms with Gasteiger partial charge in [-0.15, -0.1) is 0 Å². The summed E-state index contributed by atoms with van der Waals surface area (Å²) in [5.41, 5.74) is 5.90. The zero-order valence-corrected chi connectivity index (χ0v) is 7.19. The van der Waals surface area contributed by atoms with Crippen LogP contribution >= 0.6 is 0 Å². The third-order valence-electron chi connectivity index (χ3n) is 2.63. The Labute approximate surface area is 72.6 Å². The van der Waals surface area contributed by atoms with Gasteiger partial charge in [0.25, 0.3) is 0 Å². The molecule has 2 atom stereocenters. The van der Waals surface area contributed by atoms with Gasteiger partial charge in [0.2, 0.25) is 0 Å². The van der Waals surface area contributed by atoms with Gasteiger partial charge in [0, 0.05) is 24.5 Å². The van der Waals surface area contributed by atoms with E-state index in [0.29, 0.717) is 12.1 Å². The Morgan fingerprint density at radius 1 is 1.42 bits per heavy atom. The van der Waals surface area contributed by atoms with Gasteiger partial charge < -0.3 is 10.3 Å². The molecular weight excluding hydrogens is 150 g/mol. The van der Waals surface area contributed by atoms with E-state index in [0.717, 1.165) is 6.42 Å². The maximum absolute atomic E-state index is 5.90. The van der Waals surface area contributed by atoms with Crippen LogP contribution in [-0.4, -0.2) is 15.6 Å². The van der Waals surface area contributed by atoms with Crippen molar-refractivity contribution in [3.05, 3.63) is 18.7 Å². The molecule has 12 heavy (non-hydrogen) atoms. The van der Waals surface area contributed by atoms with Gasteiger partial charge in [0.05, 0.1) is 6.33 Å². The molecule has 0 bridgehead atoms. The van der Waals surface area contributed by atoms with Crippen LogP contribution in [0.1, 0.15) is 31.7 Å². The van der Waals surface area contributed by atoms with Crippen molar-refractivity contribution in [3.8, 4) is 0 Å². The number of aromatic nitrogens is 2. The first-order valence-corrected chi connectivity index (χ1v) is 4.59. The zero-order valence-electron chi connectivity index (χ0n) is 7.19. The summed E-state index contributed by atoms with van der Waals surface area (Å²) in [7, 11) is 0. The Balaban J connectivity index is 2.04. The lowest BCUT2D eigenvalue weighted by molar-refractivity contribution is 0.319. The van der Waals surface area contributed by atoms with Crippen molar-refractivity contribution in [2.45, 2.75) is 37.8 Å². The molecule has 3 nitrogen and oxygen atoms in total. The third-order valence-corrected chi connectivity index (χ3v) is 2.63. The Hall–Kier alpha value is -0.830. The van der Waals surface area contributed by atoms with E-state index >= 15 is 0 Å².